The van der Waals surface area contributed by atoms with Crippen LogP contribution in [0.1, 0.15) is 34.4 Å². The summed E-state index contributed by atoms with van der Waals surface area (Å²) in [4.78, 5) is 16.8. The standard InChI is InChI=1S/C18H20N4O3/c1-12-10-15(13(2)25-12)18(3,24)11-20-17(23)14-6-4-7-19-16(14)22-9-5-8-21-22/h4-10,24H,11H2,1-3H3,(H,20,23). The van der Waals surface area contributed by atoms with Crippen molar-refractivity contribution >= 4 is 5.91 Å². The summed E-state index contributed by atoms with van der Waals surface area (Å²) in [6.07, 6.45) is 4.93. The summed E-state index contributed by atoms with van der Waals surface area (Å²) in [5.74, 6) is 1.44. The Labute approximate surface area is 145 Å². The number of hydrogen-bond donors (Lipinski definition) is 2. The lowest BCUT2D eigenvalue weighted by Crippen LogP contribution is -2.39. The summed E-state index contributed by atoms with van der Waals surface area (Å²) in [7, 11) is 0. The fraction of sp³-hybridized carbons (Fsp3) is 0.278. The summed E-state index contributed by atoms with van der Waals surface area (Å²) in [6.45, 7) is 5.29. The van der Waals surface area contributed by atoms with Crippen molar-refractivity contribution in [1.82, 2.24) is 20.1 Å². The van der Waals surface area contributed by atoms with Gasteiger partial charge < -0.3 is 14.8 Å². The quantitative estimate of drug-likeness (QED) is 0.742. The molecule has 2 N–H and O–H groups in total. The molecule has 0 bridgehead atoms. The van der Waals surface area contributed by atoms with Gasteiger partial charge in [-0.1, -0.05) is 0 Å². The molecule has 25 heavy (non-hydrogen) atoms. The molecule has 0 aromatic carbocycles. The number of rotatable bonds is 5. The third-order valence-electron chi connectivity index (χ3n) is 3.97. The van der Waals surface area contributed by atoms with E-state index in [2.05, 4.69) is 15.4 Å². The van der Waals surface area contributed by atoms with E-state index in [-0.39, 0.29) is 12.5 Å². The van der Waals surface area contributed by atoms with Gasteiger partial charge in [0.05, 0.1) is 12.1 Å². The number of hydrogen-bond acceptors (Lipinski definition) is 5. The van der Waals surface area contributed by atoms with Gasteiger partial charge >= 0.3 is 0 Å². The van der Waals surface area contributed by atoms with E-state index in [0.717, 1.165) is 0 Å². The van der Waals surface area contributed by atoms with Crippen LogP contribution in [0.15, 0.2) is 47.3 Å². The van der Waals surface area contributed by atoms with Crippen LogP contribution < -0.4 is 5.32 Å². The van der Waals surface area contributed by atoms with Gasteiger partial charge in [0.15, 0.2) is 5.82 Å². The van der Waals surface area contributed by atoms with Crippen LogP contribution in [0.4, 0.5) is 0 Å². The number of carbonyl (C=O) groups excluding carboxylic acids is 1. The number of aliphatic hydroxyl groups is 1. The first-order chi connectivity index (χ1) is 11.9. The topological polar surface area (TPSA) is 93.2 Å². The Bertz CT molecular complexity index is 882. The van der Waals surface area contributed by atoms with Gasteiger partial charge in [-0.15, -0.1) is 0 Å². The van der Waals surface area contributed by atoms with Crippen LogP contribution in [0.3, 0.4) is 0 Å². The van der Waals surface area contributed by atoms with E-state index in [9.17, 15) is 9.90 Å². The zero-order chi connectivity index (χ0) is 18.0. The highest BCUT2D eigenvalue weighted by Gasteiger charge is 2.28. The van der Waals surface area contributed by atoms with Gasteiger partial charge in [0.25, 0.3) is 5.91 Å². The van der Waals surface area contributed by atoms with Crippen molar-refractivity contribution in [3.05, 3.63) is 65.5 Å². The molecule has 1 atom stereocenters. The Morgan fingerprint density at radius 1 is 1.36 bits per heavy atom. The number of aryl methyl sites for hydroxylation is 2. The highest BCUT2D eigenvalue weighted by atomic mass is 16.3. The fourth-order valence-electron chi connectivity index (χ4n) is 2.76. The first-order valence-electron chi connectivity index (χ1n) is 7.91. The number of aromatic nitrogens is 3. The smallest absolute Gasteiger partial charge is 0.255 e. The molecule has 0 radical (unpaired) electrons. The minimum Gasteiger partial charge on any atom is -0.466 e. The summed E-state index contributed by atoms with van der Waals surface area (Å²) in [5.41, 5.74) is -0.211. The second kappa shape index (κ2) is 6.52. The van der Waals surface area contributed by atoms with Crippen LogP contribution in [0.2, 0.25) is 0 Å². The average Bonchev–Trinajstić information content (AvgIpc) is 3.22. The van der Waals surface area contributed by atoms with Gasteiger partial charge in [-0.2, -0.15) is 5.10 Å². The predicted octanol–water partition coefficient (Wildman–Crippen LogP) is 2.11. The van der Waals surface area contributed by atoms with E-state index in [1.165, 1.54) is 4.68 Å². The largest absolute Gasteiger partial charge is 0.466 e. The third-order valence-corrected chi connectivity index (χ3v) is 3.97. The van der Waals surface area contributed by atoms with Crippen molar-refractivity contribution in [2.75, 3.05) is 6.54 Å². The zero-order valence-electron chi connectivity index (χ0n) is 14.4. The highest BCUT2D eigenvalue weighted by molar-refractivity contribution is 5.97. The average molecular weight is 340 g/mol. The number of carbonyl (C=O) groups is 1. The lowest BCUT2D eigenvalue weighted by molar-refractivity contribution is 0.0514. The minimum atomic E-state index is -1.24. The molecule has 0 aliphatic heterocycles. The summed E-state index contributed by atoms with van der Waals surface area (Å²) < 4.78 is 6.99. The Morgan fingerprint density at radius 2 is 2.16 bits per heavy atom. The SMILES string of the molecule is Cc1cc(C(C)(O)CNC(=O)c2cccnc2-n2cccn2)c(C)o1. The number of nitrogens with zero attached hydrogens (tertiary/aromatic N) is 3. The van der Waals surface area contributed by atoms with E-state index in [1.54, 1.807) is 56.7 Å². The van der Waals surface area contributed by atoms with Crippen molar-refractivity contribution in [1.29, 1.82) is 0 Å². The molecule has 7 nitrogen and oxygen atoms in total. The fourth-order valence-corrected chi connectivity index (χ4v) is 2.76. The first-order valence-corrected chi connectivity index (χ1v) is 7.91. The molecule has 1 unspecified atom stereocenters. The van der Waals surface area contributed by atoms with Crippen LogP contribution in [-0.4, -0.2) is 32.3 Å². The van der Waals surface area contributed by atoms with Crippen molar-refractivity contribution in [2.24, 2.45) is 0 Å². The van der Waals surface area contributed by atoms with E-state index < -0.39 is 5.60 Å². The molecule has 0 fully saturated rings. The summed E-state index contributed by atoms with van der Waals surface area (Å²) >= 11 is 0. The molecule has 0 aliphatic carbocycles. The van der Waals surface area contributed by atoms with E-state index in [0.29, 0.717) is 28.5 Å². The minimum absolute atomic E-state index is 0.0408. The second-order valence-corrected chi connectivity index (χ2v) is 6.11. The maximum Gasteiger partial charge on any atom is 0.255 e. The molecular weight excluding hydrogens is 320 g/mol. The third kappa shape index (κ3) is 3.46. The Balaban J connectivity index is 1.79. The molecule has 130 valence electrons. The Kier molecular flexibility index (Phi) is 4.41. The predicted molar refractivity (Wildman–Crippen MR) is 91.4 cm³/mol. The lowest BCUT2D eigenvalue weighted by atomic mass is 9.96. The molecular formula is C18H20N4O3. The van der Waals surface area contributed by atoms with Crippen LogP contribution in [-0.2, 0) is 5.60 Å². The number of amides is 1. The molecule has 3 heterocycles. The molecule has 3 rings (SSSR count). The molecule has 3 aromatic rings. The van der Waals surface area contributed by atoms with E-state index >= 15 is 0 Å². The van der Waals surface area contributed by atoms with Crippen LogP contribution in [0.25, 0.3) is 5.82 Å². The number of pyridine rings is 1. The maximum absolute atomic E-state index is 12.6. The lowest BCUT2D eigenvalue weighted by Gasteiger charge is -2.23. The van der Waals surface area contributed by atoms with Gasteiger partial charge in [0, 0.05) is 24.2 Å². The van der Waals surface area contributed by atoms with Gasteiger partial charge in [0.1, 0.15) is 17.1 Å². The molecule has 0 spiro atoms. The van der Waals surface area contributed by atoms with Crippen molar-refractivity contribution in [3.63, 3.8) is 0 Å². The molecule has 0 saturated carbocycles. The molecule has 1 amide bonds. The number of furan rings is 1. The first kappa shape index (κ1) is 16.9. The Morgan fingerprint density at radius 3 is 2.80 bits per heavy atom. The molecule has 0 aliphatic rings. The molecule has 3 aromatic heterocycles. The zero-order valence-corrected chi connectivity index (χ0v) is 14.4. The van der Waals surface area contributed by atoms with Crippen molar-refractivity contribution in [3.8, 4) is 5.82 Å². The van der Waals surface area contributed by atoms with E-state index in [1.807, 2.05) is 6.92 Å². The number of nitrogens with one attached hydrogen (secondary N) is 1. The monoisotopic (exact) mass is 340 g/mol. The second-order valence-electron chi connectivity index (χ2n) is 6.11. The highest BCUT2D eigenvalue weighted by Crippen LogP contribution is 2.26. The van der Waals surface area contributed by atoms with Crippen LogP contribution in [0.5, 0.6) is 0 Å². The van der Waals surface area contributed by atoms with Crippen molar-refractivity contribution < 1.29 is 14.3 Å². The van der Waals surface area contributed by atoms with Gasteiger partial charge in [0.2, 0.25) is 0 Å². The summed E-state index contributed by atoms with van der Waals surface area (Å²) in [6, 6.07) is 6.89. The maximum atomic E-state index is 12.6. The summed E-state index contributed by atoms with van der Waals surface area (Å²) in [5, 5.41) is 17.6. The van der Waals surface area contributed by atoms with Gasteiger partial charge in [-0.3, -0.25) is 4.79 Å². The Hall–Kier alpha value is -2.93. The van der Waals surface area contributed by atoms with Gasteiger partial charge in [-0.25, -0.2) is 9.67 Å². The normalized spacial score (nSPS) is 13.4. The van der Waals surface area contributed by atoms with E-state index in [4.69, 9.17) is 4.42 Å². The molecule has 0 saturated heterocycles. The molecule has 7 heteroatoms. The van der Waals surface area contributed by atoms with Crippen LogP contribution in [0, 0.1) is 13.8 Å². The van der Waals surface area contributed by atoms with Crippen molar-refractivity contribution in [2.45, 2.75) is 26.4 Å². The van der Waals surface area contributed by atoms with Crippen LogP contribution >= 0.6 is 0 Å². The van der Waals surface area contributed by atoms with Gasteiger partial charge in [-0.05, 0) is 45.0 Å².